The van der Waals surface area contributed by atoms with Crippen molar-refractivity contribution in [2.24, 2.45) is 5.92 Å². The monoisotopic (exact) mass is 323 g/mol. The van der Waals surface area contributed by atoms with Gasteiger partial charge in [0.25, 0.3) is 0 Å². The van der Waals surface area contributed by atoms with Crippen molar-refractivity contribution in [3.63, 3.8) is 0 Å². The Hall–Kier alpha value is -1.95. The Balaban J connectivity index is 1.94. The molecule has 1 amide bonds. The molecule has 1 fully saturated rings. The third-order valence-corrected chi connectivity index (χ3v) is 4.16. The molecule has 1 aromatic carbocycles. The van der Waals surface area contributed by atoms with E-state index in [1.54, 1.807) is 12.1 Å². The van der Waals surface area contributed by atoms with Crippen LogP contribution in [0, 0.1) is 11.7 Å². The molecule has 0 saturated carbocycles. The molecule has 6 heteroatoms. The van der Waals surface area contributed by atoms with Crippen molar-refractivity contribution in [2.75, 3.05) is 13.2 Å². The van der Waals surface area contributed by atoms with E-state index in [0.717, 1.165) is 12.8 Å². The second-order valence-electron chi connectivity index (χ2n) is 6.02. The zero-order valence-corrected chi connectivity index (χ0v) is 13.1. The van der Waals surface area contributed by atoms with Crippen molar-refractivity contribution in [2.45, 2.75) is 38.1 Å². The fraction of sp³-hybridized carbons (Fsp3) is 0.529. The van der Waals surface area contributed by atoms with Crippen LogP contribution in [0.4, 0.5) is 4.39 Å². The second kappa shape index (κ2) is 8.06. The predicted octanol–water partition coefficient (Wildman–Crippen LogP) is 2.32. The molecule has 0 spiro atoms. The van der Waals surface area contributed by atoms with E-state index in [2.05, 4.69) is 5.32 Å². The average Bonchev–Trinajstić information content (AvgIpc) is 2.53. The van der Waals surface area contributed by atoms with Gasteiger partial charge in [-0.3, -0.25) is 4.79 Å². The maximum absolute atomic E-state index is 13.2. The van der Waals surface area contributed by atoms with E-state index in [0.29, 0.717) is 18.8 Å². The molecule has 0 aliphatic carbocycles. The number of aliphatic carboxylic acids is 1. The number of carbonyl (C=O) groups is 2. The molecular formula is C17H22FNO4. The highest BCUT2D eigenvalue weighted by atomic mass is 19.1. The molecule has 5 nitrogen and oxygen atoms in total. The van der Waals surface area contributed by atoms with Crippen molar-refractivity contribution in [3.05, 3.63) is 35.6 Å². The third-order valence-electron chi connectivity index (χ3n) is 4.16. The van der Waals surface area contributed by atoms with E-state index in [4.69, 9.17) is 4.74 Å². The van der Waals surface area contributed by atoms with Gasteiger partial charge in [-0.05, 0) is 36.5 Å². The highest BCUT2D eigenvalue weighted by molar-refractivity contribution is 5.84. The molecule has 126 valence electrons. The molecule has 23 heavy (non-hydrogen) atoms. The van der Waals surface area contributed by atoms with Gasteiger partial charge in [-0.1, -0.05) is 19.1 Å². The molecule has 1 saturated heterocycles. The van der Waals surface area contributed by atoms with Gasteiger partial charge < -0.3 is 15.2 Å². The first-order valence-electron chi connectivity index (χ1n) is 7.82. The second-order valence-corrected chi connectivity index (χ2v) is 6.02. The summed E-state index contributed by atoms with van der Waals surface area (Å²) in [4.78, 5) is 23.6. The number of amides is 1. The van der Waals surface area contributed by atoms with Gasteiger partial charge >= 0.3 is 5.97 Å². The molecule has 0 bridgehead atoms. The minimum Gasteiger partial charge on any atom is -0.480 e. The van der Waals surface area contributed by atoms with Gasteiger partial charge in [-0.15, -0.1) is 0 Å². The molecular weight excluding hydrogens is 301 g/mol. The highest BCUT2D eigenvalue weighted by Crippen LogP contribution is 2.21. The minimum absolute atomic E-state index is 0.112. The Bertz CT molecular complexity index is 557. The van der Waals surface area contributed by atoms with E-state index < -0.39 is 12.0 Å². The number of halogens is 1. The van der Waals surface area contributed by atoms with Crippen LogP contribution in [-0.4, -0.2) is 36.2 Å². The number of hydrogen-bond acceptors (Lipinski definition) is 3. The first-order chi connectivity index (χ1) is 11.0. The summed E-state index contributed by atoms with van der Waals surface area (Å²) in [5.41, 5.74) is 0.716. The normalized spacial score (nSPS) is 20.5. The zero-order valence-electron chi connectivity index (χ0n) is 13.1. The maximum atomic E-state index is 13.2. The minimum atomic E-state index is -1.05. The van der Waals surface area contributed by atoms with Gasteiger partial charge in [0.1, 0.15) is 11.9 Å². The van der Waals surface area contributed by atoms with Crippen molar-refractivity contribution in [1.82, 2.24) is 5.32 Å². The largest absolute Gasteiger partial charge is 0.480 e. The van der Waals surface area contributed by atoms with Gasteiger partial charge in [0.2, 0.25) is 5.91 Å². The lowest BCUT2D eigenvalue weighted by atomic mass is 9.92. The van der Waals surface area contributed by atoms with Crippen LogP contribution < -0.4 is 5.32 Å². The number of benzene rings is 1. The van der Waals surface area contributed by atoms with E-state index in [-0.39, 0.29) is 30.0 Å². The van der Waals surface area contributed by atoms with Crippen LogP contribution in [0.3, 0.4) is 0 Å². The first kappa shape index (κ1) is 17.4. The summed E-state index contributed by atoms with van der Waals surface area (Å²) in [6, 6.07) is 5.15. The number of carbonyl (C=O) groups excluding carboxylic acids is 1. The molecule has 1 aromatic rings. The number of hydrogen-bond donors (Lipinski definition) is 2. The van der Waals surface area contributed by atoms with Crippen LogP contribution in [0.15, 0.2) is 24.3 Å². The summed E-state index contributed by atoms with van der Waals surface area (Å²) < 4.78 is 18.5. The summed E-state index contributed by atoms with van der Waals surface area (Å²) in [7, 11) is 0. The maximum Gasteiger partial charge on any atom is 0.326 e. The van der Waals surface area contributed by atoms with Gasteiger partial charge in [-0.25, -0.2) is 9.18 Å². The van der Waals surface area contributed by atoms with Crippen LogP contribution in [0.1, 0.15) is 37.7 Å². The SMILES string of the molecule is CC(CC(=O)NC(C(=O)O)C1CCCOC1)c1cccc(F)c1. The lowest BCUT2D eigenvalue weighted by Crippen LogP contribution is -2.48. The van der Waals surface area contributed by atoms with E-state index >= 15 is 0 Å². The summed E-state index contributed by atoms with van der Waals surface area (Å²) in [5.74, 6) is -2.15. The molecule has 1 aliphatic rings. The number of carboxylic acid groups (broad SMARTS) is 1. The molecule has 0 radical (unpaired) electrons. The summed E-state index contributed by atoms with van der Waals surface area (Å²) in [6.45, 7) is 2.79. The third kappa shape index (κ3) is 5.03. The van der Waals surface area contributed by atoms with Gasteiger partial charge in [-0.2, -0.15) is 0 Å². The Morgan fingerprint density at radius 2 is 2.26 bits per heavy atom. The van der Waals surface area contributed by atoms with E-state index in [1.165, 1.54) is 12.1 Å². The number of carboxylic acids is 1. The molecule has 2 rings (SSSR count). The van der Waals surface area contributed by atoms with Gasteiger partial charge in [0.05, 0.1) is 6.61 Å². The van der Waals surface area contributed by atoms with Crippen LogP contribution >= 0.6 is 0 Å². The van der Waals surface area contributed by atoms with Gasteiger partial charge in [0, 0.05) is 18.9 Å². The standard InChI is InChI=1S/C17H22FNO4/c1-11(12-4-2-6-14(18)9-12)8-15(20)19-16(17(21)22)13-5-3-7-23-10-13/h2,4,6,9,11,13,16H,3,5,7-8,10H2,1H3,(H,19,20)(H,21,22). The first-order valence-corrected chi connectivity index (χ1v) is 7.82. The zero-order chi connectivity index (χ0) is 16.8. The molecule has 1 aliphatic heterocycles. The van der Waals surface area contributed by atoms with Crippen molar-refractivity contribution < 1.29 is 23.8 Å². The van der Waals surface area contributed by atoms with E-state index in [1.807, 2.05) is 6.92 Å². The van der Waals surface area contributed by atoms with Crippen LogP contribution in [-0.2, 0) is 14.3 Å². The number of rotatable bonds is 6. The highest BCUT2D eigenvalue weighted by Gasteiger charge is 2.31. The van der Waals surface area contributed by atoms with Crippen LogP contribution in [0.25, 0.3) is 0 Å². The summed E-state index contributed by atoms with van der Waals surface area (Å²) in [5, 5.41) is 11.9. The lowest BCUT2D eigenvalue weighted by molar-refractivity contribution is -0.145. The topological polar surface area (TPSA) is 75.6 Å². The number of ether oxygens (including phenoxy) is 1. The smallest absolute Gasteiger partial charge is 0.326 e. The van der Waals surface area contributed by atoms with Crippen molar-refractivity contribution >= 4 is 11.9 Å². The van der Waals surface area contributed by atoms with Crippen LogP contribution in [0.5, 0.6) is 0 Å². The van der Waals surface area contributed by atoms with Gasteiger partial charge in [0.15, 0.2) is 0 Å². The quantitative estimate of drug-likeness (QED) is 0.842. The fourth-order valence-corrected chi connectivity index (χ4v) is 2.85. The molecule has 2 N–H and O–H groups in total. The molecule has 3 atom stereocenters. The van der Waals surface area contributed by atoms with Crippen molar-refractivity contribution in [3.8, 4) is 0 Å². The Kier molecular flexibility index (Phi) is 6.10. The molecule has 0 aromatic heterocycles. The Morgan fingerprint density at radius 3 is 2.87 bits per heavy atom. The van der Waals surface area contributed by atoms with E-state index in [9.17, 15) is 19.1 Å². The lowest BCUT2D eigenvalue weighted by Gasteiger charge is -2.28. The summed E-state index contributed by atoms with van der Waals surface area (Å²) in [6.07, 6.45) is 1.63. The Labute approximate surface area is 134 Å². The average molecular weight is 323 g/mol. The van der Waals surface area contributed by atoms with Crippen LogP contribution in [0.2, 0.25) is 0 Å². The fourth-order valence-electron chi connectivity index (χ4n) is 2.85. The predicted molar refractivity (Wildman–Crippen MR) is 82.5 cm³/mol. The summed E-state index contributed by atoms with van der Waals surface area (Å²) >= 11 is 0. The number of nitrogens with one attached hydrogen (secondary N) is 1. The molecule has 1 heterocycles. The van der Waals surface area contributed by atoms with Crippen molar-refractivity contribution in [1.29, 1.82) is 0 Å². The molecule has 3 unspecified atom stereocenters. The Morgan fingerprint density at radius 1 is 1.48 bits per heavy atom.